The molecule has 88 valence electrons. The molecular weight excluding hydrogens is 220 g/mol. The predicted molar refractivity (Wildman–Crippen MR) is 61.8 cm³/mol. The lowest BCUT2D eigenvalue weighted by Gasteiger charge is -2.26. The summed E-state index contributed by atoms with van der Waals surface area (Å²) >= 11 is 0. The highest BCUT2D eigenvalue weighted by atomic mass is 16.2. The van der Waals surface area contributed by atoms with Gasteiger partial charge in [-0.3, -0.25) is 14.4 Å². The molecule has 1 aromatic carbocycles. The highest BCUT2D eigenvalue weighted by Gasteiger charge is 2.27. The molecule has 1 N–H and O–H groups in total. The van der Waals surface area contributed by atoms with Crippen LogP contribution < -0.4 is 10.2 Å². The van der Waals surface area contributed by atoms with Crippen LogP contribution in [-0.2, 0) is 9.59 Å². The van der Waals surface area contributed by atoms with Gasteiger partial charge in [0.1, 0.15) is 0 Å². The van der Waals surface area contributed by atoms with Crippen LogP contribution in [0.4, 0.5) is 5.69 Å². The van der Waals surface area contributed by atoms with Gasteiger partial charge in [0.2, 0.25) is 0 Å². The highest BCUT2D eigenvalue weighted by Crippen LogP contribution is 2.17. The number of amides is 2. The summed E-state index contributed by atoms with van der Waals surface area (Å²) in [6.07, 6.45) is 0. The van der Waals surface area contributed by atoms with E-state index in [4.69, 9.17) is 0 Å². The van der Waals surface area contributed by atoms with E-state index in [1.807, 2.05) is 0 Å². The number of piperazine rings is 1. The molecule has 0 unspecified atom stereocenters. The molecule has 1 aliphatic rings. The third-order valence-corrected chi connectivity index (χ3v) is 2.62. The lowest BCUT2D eigenvalue weighted by atomic mass is 10.1. The minimum Gasteiger partial charge on any atom is -0.346 e. The summed E-state index contributed by atoms with van der Waals surface area (Å²) in [5.74, 6) is -1.26. The summed E-state index contributed by atoms with van der Waals surface area (Å²) in [6.45, 7) is 2.31. The second-order valence-corrected chi connectivity index (χ2v) is 3.82. The van der Waals surface area contributed by atoms with Gasteiger partial charge in [0.25, 0.3) is 0 Å². The van der Waals surface area contributed by atoms with Gasteiger partial charge in [0.05, 0.1) is 0 Å². The minimum atomic E-state index is -0.607. The van der Waals surface area contributed by atoms with Crippen molar-refractivity contribution >= 4 is 23.3 Å². The molecule has 2 amide bonds. The average Bonchev–Trinajstić information content (AvgIpc) is 2.33. The molecule has 5 heteroatoms. The first-order valence-corrected chi connectivity index (χ1v) is 5.30. The number of anilines is 1. The monoisotopic (exact) mass is 232 g/mol. The van der Waals surface area contributed by atoms with Crippen LogP contribution in [0.2, 0.25) is 0 Å². The van der Waals surface area contributed by atoms with Crippen LogP contribution in [0.15, 0.2) is 24.3 Å². The summed E-state index contributed by atoms with van der Waals surface area (Å²) in [5, 5.41) is 2.47. The Morgan fingerprint density at radius 2 is 2.12 bits per heavy atom. The molecule has 0 radical (unpaired) electrons. The molecule has 0 aromatic heterocycles. The molecule has 0 spiro atoms. The fourth-order valence-electron chi connectivity index (χ4n) is 1.72. The molecule has 0 atom stereocenters. The van der Waals surface area contributed by atoms with Crippen LogP contribution in [0.1, 0.15) is 17.3 Å². The van der Waals surface area contributed by atoms with Crippen molar-refractivity contribution in [3.8, 4) is 0 Å². The Labute approximate surface area is 98.4 Å². The standard InChI is InChI=1S/C12H12N2O3/c1-8(15)9-3-2-4-10(7-9)14-6-5-13-11(16)12(14)17/h2-4,7H,5-6H2,1H3,(H,13,16). The molecule has 2 rings (SSSR count). The summed E-state index contributed by atoms with van der Waals surface area (Å²) in [6, 6.07) is 6.72. The molecule has 0 saturated carbocycles. The minimum absolute atomic E-state index is 0.0687. The van der Waals surface area contributed by atoms with Gasteiger partial charge in [-0.05, 0) is 19.1 Å². The van der Waals surface area contributed by atoms with Crippen molar-refractivity contribution in [3.05, 3.63) is 29.8 Å². The third-order valence-electron chi connectivity index (χ3n) is 2.62. The van der Waals surface area contributed by atoms with Crippen molar-refractivity contribution in [2.24, 2.45) is 0 Å². The van der Waals surface area contributed by atoms with E-state index in [0.29, 0.717) is 24.3 Å². The third kappa shape index (κ3) is 2.18. The van der Waals surface area contributed by atoms with E-state index in [-0.39, 0.29) is 5.78 Å². The van der Waals surface area contributed by atoms with Crippen molar-refractivity contribution in [1.29, 1.82) is 0 Å². The number of rotatable bonds is 2. The first-order valence-electron chi connectivity index (χ1n) is 5.30. The first-order chi connectivity index (χ1) is 8.09. The molecule has 17 heavy (non-hydrogen) atoms. The number of carbonyl (C=O) groups is 3. The van der Waals surface area contributed by atoms with Gasteiger partial charge in [-0.1, -0.05) is 12.1 Å². The van der Waals surface area contributed by atoms with E-state index >= 15 is 0 Å². The number of hydrogen-bond acceptors (Lipinski definition) is 3. The fourth-order valence-corrected chi connectivity index (χ4v) is 1.72. The van der Waals surface area contributed by atoms with Gasteiger partial charge >= 0.3 is 11.8 Å². The Balaban J connectivity index is 2.33. The van der Waals surface area contributed by atoms with E-state index in [1.165, 1.54) is 11.8 Å². The highest BCUT2D eigenvalue weighted by molar-refractivity contribution is 6.41. The normalized spacial score (nSPS) is 15.7. The molecule has 1 heterocycles. The number of Topliss-reactive ketones (excluding diaryl/α,β-unsaturated/α-hetero) is 1. The lowest BCUT2D eigenvalue weighted by molar-refractivity contribution is -0.138. The van der Waals surface area contributed by atoms with E-state index in [9.17, 15) is 14.4 Å². The van der Waals surface area contributed by atoms with E-state index < -0.39 is 11.8 Å². The summed E-state index contributed by atoms with van der Waals surface area (Å²) < 4.78 is 0. The number of hydrogen-bond donors (Lipinski definition) is 1. The zero-order valence-corrected chi connectivity index (χ0v) is 9.40. The molecule has 0 aliphatic carbocycles. The number of ketones is 1. The SMILES string of the molecule is CC(=O)c1cccc(N2CCNC(=O)C2=O)c1. The van der Waals surface area contributed by atoms with Crippen LogP contribution in [0, 0.1) is 0 Å². The predicted octanol–water partition coefficient (Wildman–Crippen LogP) is 0.352. The van der Waals surface area contributed by atoms with Crippen molar-refractivity contribution in [2.75, 3.05) is 18.0 Å². The first kappa shape index (κ1) is 11.3. The number of nitrogens with zero attached hydrogens (tertiary/aromatic N) is 1. The molecule has 5 nitrogen and oxygen atoms in total. The maximum Gasteiger partial charge on any atom is 0.316 e. The molecule has 0 bridgehead atoms. The lowest BCUT2D eigenvalue weighted by Crippen LogP contribution is -2.52. The van der Waals surface area contributed by atoms with Crippen molar-refractivity contribution in [3.63, 3.8) is 0 Å². The molecule has 1 aromatic rings. The Morgan fingerprint density at radius 1 is 1.35 bits per heavy atom. The van der Waals surface area contributed by atoms with Crippen LogP contribution in [0.3, 0.4) is 0 Å². The van der Waals surface area contributed by atoms with Crippen LogP contribution in [-0.4, -0.2) is 30.7 Å². The number of carbonyl (C=O) groups excluding carboxylic acids is 3. The smallest absolute Gasteiger partial charge is 0.316 e. The average molecular weight is 232 g/mol. The van der Waals surface area contributed by atoms with Crippen LogP contribution >= 0.6 is 0 Å². The van der Waals surface area contributed by atoms with E-state index in [2.05, 4.69) is 5.32 Å². The van der Waals surface area contributed by atoms with Crippen LogP contribution in [0.25, 0.3) is 0 Å². The second kappa shape index (κ2) is 4.37. The number of benzene rings is 1. The molecule has 1 aliphatic heterocycles. The second-order valence-electron chi connectivity index (χ2n) is 3.82. The Morgan fingerprint density at radius 3 is 2.82 bits per heavy atom. The van der Waals surface area contributed by atoms with Gasteiger partial charge in [-0.25, -0.2) is 0 Å². The maximum absolute atomic E-state index is 11.6. The van der Waals surface area contributed by atoms with Crippen molar-refractivity contribution in [2.45, 2.75) is 6.92 Å². The molecule has 1 fully saturated rings. The van der Waals surface area contributed by atoms with Gasteiger partial charge < -0.3 is 10.2 Å². The van der Waals surface area contributed by atoms with Crippen molar-refractivity contribution < 1.29 is 14.4 Å². The van der Waals surface area contributed by atoms with Crippen molar-refractivity contribution in [1.82, 2.24) is 5.32 Å². The van der Waals surface area contributed by atoms with Gasteiger partial charge in [0.15, 0.2) is 5.78 Å². The summed E-state index contributed by atoms with van der Waals surface area (Å²) in [5.41, 5.74) is 1.11. The van der Waals surface area contributed by atoms with E-state index in [1.54, 1.807) is 24.3 Å². The van der Waals surface area contributed by atoms with E-state index in [0.717, 1.165) is 0 Å². The topological polar surface area (TPSA) is 66.5 Å². The molecular formula is C12H12N2O3. The Hall–Kier alpha value is -2.17. The van der Waals surface area contributed by atoms with Gasteiger partial charge in [-0.15, -0.1) is 0 Å². The van der Waals surface area contributed by atoms with Crippen LogP contribution in [0.5, 0.6) is 0 Å². The molecule has 1 saturated heterocycles. The maximum atomic E-state index is 11.6. The zero-order valence-electron chi connectivity index (χ0n) is 9.40. The largest absolute Gasteiger partial charge is 0.346 e. The Kier molecular flexibility index (Phi) is 2.91. The summed E-state index contributed by atoms with van der Waals surface area (Å²) in [7, 11) is 0. The van der Waals surface area contributed by atoms with Gasteiger partial charge in [0, 0.05) is 24.3 Å². The fraction of sp³-hybridized carbons (Fsp3) is 0.250. The Bertz CT molecular complexity index is 496. The summed E-state index contributed by atoms with van der Waals surface area (Å²) in [4.78, 5) is 35.5. The zero-order chi connectivity index (χ0) is 12.4. The number of nitrogens with one attached hydrogen (secondary N) is 1. The van der Waals surface area contributed by atoms with Gasteiger partial charge in [-0.2, -0.15) is 0 Å². The quantitative estimate of drug-likeness (QED) is 0.591.